The fraction of sp³-hybridized carbons (Fsp3) is 0.167. The van der Waals surface area contributed by atoms with E-state index in [9.17, 15) is 17.6 Å². The van der Waals surface area contributed by atoms with Crippen LogP contribution in [0.1, 0.15) is 0 Å². The van der Waals surface area contributed by atoms with Crippen LogP contribution in [0.25, 0.3) is 0 Å². The Bertz CT molecular complexity index is 354. The first kappa shape index (κ1) is 11.0. The Kier molecular flexibility index (Phi) is 2.84. The SMILES string of the molecule is Oc1c(Br)ncc(OC(F)(F)F)c1F. The molecule has 0 fully saturated rings. The van der Waals surface area contributed by atoms with E-state index < -0.39 is 23.7 Å². The monoisotopic (exact) mass is 275 g/mol. The quantitative estimate of drug-likeness (QED) is 0.633. The van der Waals surface area contributed by atoms with E-state index >= 15 is 0 Å². The van der Waals surface area contributed by atoms with Gasteiger partial charge in [0, 0.05) is 0 Å². The number of halogens is 5. The highest BCUT2D eigenvalue weighted by Crippen LogP contribution is 2.33. The zero-order valence-corrected chi connectivity index (χ0v) is 7.86. The summed E-state index contributed by atoms with van der Waals surface area (Å²) < 4.78 is 50.7. The third-order valence-electron chi connectivity index (χ3n) is 1.14. The number of rotatable bonds is 1. The Morgan fingerprint density at radius 3 is 2.50 bits per heavy atom. The summed E-state index contributed by atoms with van der Waals surface area (Å²) in [6.45, 7) is 0. The van der Waals surface area contributed by atoms with Gasteiger partial charge in [0.05, 0.1) is 6.20 Å². The average molecular weight is 276 g/mol. The Morgan fingerprint density at radius 2 is 2.00 bits per heavy atom. The predicted octanol–water partition coefficient (Wildman–Crippen LogP) is 2.59. The number of aromatic hydroxyl groups is 1. The number of hydrogen-bond donors (Lipinski definition) is 1. The van der Waals surface area contributed by atoms with Crippen molar-refractivity contribution < 1.29 is 27.4 Å². The number of pyridine rings is 1. The zero-order valence-electron chi connectivity index (χ0n) is 6.27. The molecule has 8 heteroatoms. The molecule has 1 heterocycles. The van der Waals surface area contributed by atoms with Gasteiger partial charge in [0.2, 0.25) is 5.82 Å². The zero-order chi connectivity index (χ0) is 10.9. The normalized spacial score (nSPS) is 11.5. The van der Waals surface area contributed by atoms with Crippen LogP contribution in [0.2, 0.25) is 0 Å². The highest BCUT2D eigenvalue weighted by molar-refractivity contribution is 9.10. The molecule has 0 radical (unpaired) electrons. The molecule has 1 aromatic rings. The second-order valence-corrected chi connectivity index (χ2v) is 2.87. The minimum atomic E-state index is -5.03. The molecule has 3 nitrogen and oxygen atoms in total. The van der Waals surface area contributed by atoms with Gasteiger partial charge in [-0.05, 0) is 15.9 Å². The Hall–Kier alpha value is -1.05. The lowest BCUT2D eigenvalue weighted by Gasteiger charge is -2.09. The molecule has 0 aliphatic rings. The maximum absolute atomic E-state index is 12.8. The van der Waals surface area contributed by atoms with Crippen LogP contribution in [-0.2, 0) is 0 Å². The first-order valence-corrected chi connectivity index (χ1v) is 3.89. The second kappa shape index (κ2) is 3.60. The van der Waals surface area contributed by atoms with Gasteiger partial charge in [-0.25, -0.2) is 4.98 Å². The highest BCUT2D eigenvalue weighted by atomic mass is 79.9. The van der Waals surface area contributed by atoms with Crippen molar-refractivity contribution in [3.05, 3.63) is 16.6 Å². The van der Waals surface area contributed by atoms with Gasteiger partial charge in [0.1, 0.15) is 0 Å². The Balaban J connectivity index is 3.06. The van der Waals surface area contributed by atoms with Gasteiger partial charge in [-0.1, -0.05) is 0 Å². The van der Waals surface area contributed by atoms with E-state index in [0.29, 0.717) is 6.20 Å². The smallest absolute Gasteiger partial charge is 0.503 e. The molecule has 1 N–H and O–H groups in total. The molecule has 0 saturated heterocycles. The maximum atomic E-state index is 12.8. The third kappa shape index (κ3) is 2.47. The molecule has 0 bridgehead atoms. The molecule has 0 aliphatic carbocycles. The minimum absolute atomic E-state index is 0.301. The summed E-state index contributed by atoms with van der Waals surface area (Å²) in [5.74, 6) is -3.74. The Labute approximate surface area is 83.5 Å². The molecule has 0 saturated carbocycles. The van der Waals surface area contributed by atoms with Gasteiger partial charge >= 0.3 is 6.36 Å². The minimum Gasteiger partial charge on any atom is -0.503 e. The molecular weight excluding hydrogens is 274 g/mol. The van der Waals surface area contributed by atoms with Crippen molar-refractivity contribution in [2.45, 2.75) is 6.36 Å². The summed E-state index contributed by atoms with van der Waals surface area (Å²) in [6, 6.07) is 0. The second-order valence-electron chi connectivity index (χ2n) is 2.12. The van der Waals surface area contributed by atoms with Crippen LogP contribution in [0.4, 0.5) is 17.6 Å². The van der Waals surface area contributed by atoms with E-state index in [-0.39, 0.29) is 4.60 Å². The van der Waals surface area contributed by atoms with Crippen LogP contribution in [0.15, 0.2) is 10.8 Å². The van der Waals surface area contributed by atoms with E-state index in [1.54, 1.807) is 0 Å². The molecule has 78 valence electrons. The van der Waals surface area contributed by atoms with Crippen LogP contribution in [0.5, 0.6) is 11.5 Å². The van der Waals surface area contributed by atoms with Crippen molar-refractivity contribution in [2.24, 2.45) is 0 Å². The van der Waals surface area contributed by atoms with Crippen molar-refractivity contribution in [3.8, 4) is 11.5 Å². The van der Waals surface area contributed by atoms with Crippen LogP contribution >= 0.6 is 15.9 Å². The van der Waals surface area contributed by atoms with Crippen LogP contribution in [0.3, 0.4) is 0 Å². The standard InChI is InChI=1S/C6H2BrF4NO2/c7-5-4(13)3(8)2(1-12-5)14-6(9,10)11/h1,13H. The van der Waals surface area contributed by atoms with E-state index in [2.05, 4.69) is 25.7 Å². The van der Waals surface area contributed by atoms with Gasteiger partial charge in [0.15, 0.2) is 16.1 Å². The van der Waals surface area contributed by atoms with Gasteiger partial charge in [-0.2, -0.15) is 4.39 Å². The lowest BCUT2D eigenvalue weighted by molar-refractivity contribution is -0.275. The molecule has 0 unspecified atom stereocenters. The van der Waals surface area contributed by atoms with Crippen molar-refractivity contribution >= 4 is 15.9 Å². The largest absolute Gasteiger partial charge is 0.573 e. The fourth-order valence-electron chi connectivity index (χ4n) is 0.636. The number of hydrogen-bond acceptors (Lipinski definition) is 3. The summed E-state index contributed by atoms with van der Waals surface area (Å²) >= 11 is 2.62. The molecule has 0 aromatic carbocycles. The van der Waals surface area contributed by atoms with Crippen molar-refractivity contribution in [1.82, 2.24) is 4.98 Å². The molecule has 1 aromatic heterocycles. The van der Waals surface area contributed by atoms with Crippen molar-refractivity contribution in [3.63, 3.8) is 0 Å². The number of aromatic nitrogens is 1. The van der Waals surface area contributed by atoms with Crippen LogP contribution in [-0.4, -0.2) is 16.5 Å². The number of alkyl halides is 3. The van der Waals surface area contributed by atoms with Gasteiger partial charge in [0.25, 0.3) is 0 Å². The summed E-state index contributed by atoms with van der Waals surface area (Å²) in [5, 5.41) is 8.85. The van der Waals surface area contributed by atoms with E-state index in [4.69, 9.17) is 5.11 Å². The average Bonchev–Trinajstić information content (AvgIpc) is 2.04. The maximum Gasteiger partial charge on any atom is 0.573 e. The highest BCUT2D eigenvalue weighted by Gasteiger charge is 2.33. The molecule has 1 rings (SSSR count). The molecule has 0 atom stereocenters. The van der Waals surface area contributed by atoms with E-state index in [0.717, 1.165) is 0 Å². The van der Waals surface area contributed by atoms with Crippen molar-refractivity contribution in [2.75, 3.05) is 0 Å². The van der Waals surface area contributed by atoms with Crippen molar-refractivity contribution in [1.29, 1.82) is 0 Å². The number of nitrogens with zero attached hydrogens (tertiary/aromatic N) is 1. The van der Waals surface area contributed by atoms with Gasteiger partial charge in [-0.15, -0.1) is 13.2 Å². The van der Waals surface area contributed by atoms with Crippen LogP contribution < -0.4 is 4.74 Å². The van der Waals surface area contributed by atoms with Crippen LogP contribution in [0, 0.1) is 5.82 Å². The molecule has 14 heavy (non-hydrogen) atoms. The Morgan fingerprint density at radius 1 is 1.43 bits per heavy atom. The lowest BCUT2D eigenvalue weighted by atomic mass is 10.4. The van der Waals surface area contributed by atoms with Gasteiger partial charge in [-0.3, -0.25) is 0 Å². The molecule has 0 amide bonds. The first-order valence-electron chi connectivity index (χ1n) is 3.10. The van der Waals surface area contributed by atoms with E-state index in [1.807, 2.05) is 0 Å². The van der Waals surface area contributed by atoms with Gasteiger partial charge < -0.3 is 9.84 Å². The molecule has 0 aliphatic heterocycles. The molecular formula is C6H2BrF4NO2. The fourth-order valence-corrected chi connectivity index (χ4v) is 0.913. The topological polar surface area (TPSA) is 42.4 Å². The summed E-state index contributed by atoms with van der Waals surface area (Å²) in [5.41, 5.74) is 0. The summed E-state index contributed by atoms with van der Waals surface area (Å²) in [6.07, 6.45) is -4.52. The number of ether oxygens (including phenoxy) is 1. The first-order chi connectivity index (χ1) is 6.31. The lowest BCUT2D eigenvalue weighted by Crippen LogP contribution is -2.18. The van der Waals surface area contributed by atoms with E-state index in [1.165, 1.54) is 0 Å². The molecule has 0 spiro atoms. The predicted molar refractivity (Wildman–Crippen MR) is 40.2 cm³/mol. The third-order valence-corrected chi connectivity index (χ3v) is 1.72. The summed E-state index contributed by atoms with van der Waals surface area (Å²) in [4.78, 5) is 3.23. The summed E-state index contributed by atoms with van der Waals surface area (Å²) in [7, 11) is 0.